The van der Waals surface area contributed by atoms with E-state index in [0.29, 0.717) is 5.78 Å². The first-order valence-corrected chi connectivity index (χ1v) is 6.51. The van der Waals surface area contributed by atoms with Gasteiger partial charge >= 0.3 is 0 Å². The van der Waals surface area contributed by atoms with Crippen molar-refractivity contribution in [1.29, 1.82) is 0 Å². The van der Waals surface area contributed by atoms with Crippen LogP contribution < -0.4 is 0 Å². The van der Waals surface area contributed by atoms with E-state index in [-0.39, 0.29) is 5.92 Å². The van der Waals surface area contributed by atoms with Gasteiger partial charge in [0.15, 0.2) is 0 Å². The highest BCUT2D eigenvalue weighted by Gasteiger charge is 2.43. The lowest BCUT2D eigenvalue weighted by atomic mass is 9.90. The van der Waals surface area contributed by atoms with Gasteiger partial charge < -0.3 is 0 Å². The molecule has 0 radical (unpaired) electrons. The SMILES string of the molecule is CC1CN(C2CC3CCC2C3)CCC1=O. The monoisotopic (exact) mass is 207 g/mol. The number of Topliss-reactive ketones (excluding diaryl/α,β-unsaturated/α-hetero) is 1. The Labute approximate surface area is 92.0 Å². The number of fused-ring (bicyclic) bond motifs is 2. The summed E-state index contributed by atoms with van der Waals surface area (Å²) >= 11 is 0. The Balaban J connectivity index is 1.66. The van der Waals surface area contributed by atoms with Gasteiger partial charge in [0.2, 0.25) is 0 Å². The number of carbonyl (C=O) groups is 1. The third kappa shape index (κ3) is 1.63. The van der Waals surface area contributed by atoms with Crippen molar-refractivity contribution in [2.24, 2.45) is 17.8 Å². The minimum Gasteiger partial charge on any atom is -0.299 e. The molecule has 1 heterocycles. The van der Waals surface area contributed by atoms with Crippen LogP contribution in [-0.4, -0.2) is 29.8 Å². The van der Waals surface area contributed by atoms with Crippen molar-refractivity contribution in [2.45, 2.75) is 45.1 Å². The first kappa shape index (κ1) is 9.83. The number of rotatable bonds is 1. The Kier molecular flexibility index (Phi) is 2.35. The molecule has 2 heteroatoms. The topological polar surface area (TPSA) is 20.3 Å². The number of nitrogens with zero attached hydrogens (tertiary/aromatic N) is 1. The lowest BCUT2D eigenvalue weighted by Crippen LogP contribution is -2.47. The Hall–Kier alpha value is -0.370. The van der Waals surface area contributed by atoms with Crippen LogP contribution in [0.15, 0.2) is 0 Å². The molecule has 0 spiro atoms. The quantitative estimate of drug-likeness (QED) is 0.656. The van der Waals surface area contributed by atoms with E-state index in [1.54, 1.807) is 0 Å². The molecule has 3 rings (SSSR count). The van der Waals surface area contributed by atoms with Crippen LogP contribution in [0.2, 0.25) is 0 Å². The molecule has 2 nitrogen and oxygen atoms in total. The average Bonchev–Trinajstić information content (AvgIpc) is 2.83. The number of hydrogen-bond donors (Lipinski definition) is 0. The molecular weight excluding hydrogens is 186 g/mol. The van der Waals surface area contributed by atoms with Crippen molar-refractivity contribution in [3.05, 3.63) is 0 Å². The van der Waals surface area contributed by atoms with Crippen LogP contribution in [0.1, 0.15) is 39.0 Å². The van der Waals surface area contributed by atoms with E-state index >= 15 is 0 Å². The highest BCUT2D eigenvalue weighted by molar-refractivity contribution is 5.81. The summed E-state index contributed by atoms with van der Waals surface area (Å²) in [5.41, 5.74) is 0. The average molecular weight is 207 g/mol. The molecule has 0 aromatic rings. The molecule has 4 atom stereocenters. The minimum absolute atomic E-state index is 0.290. The maximum atomic E-state index is 11.5. The second kappa shape index (κ2) is 3.58. The first-order valence-electron chi connectivity index (χ1n) is 6.51. The zero-order chi connectivity index (χ0) is 10.4. The van der Waals surface area contributed by atoms with E-state index in [1.165, 1.54) is 25.7 Å². The molecule has 3 fully saturated rings. The Morgan fingerprint density at radius 2 is 2.13 bits per heavy atom. The summed E-state index contributed by atoms with van der Waals surface area (Å²) in [5, 5.41) is 0. The van der Waals surface area contributed by atoms with Gasteiger partial charge in [-0.3, -0.25) is 9.69 Å². The molecule has 2 saturated carbocycles. The minimum atomic E-state index is 0.290. The molecule has 0 amide bonds. The molecule has 84 valence electrons. The third-order valence-corrected chi connectivity index (χ3v) is 4.87. The summed E-state index contributed by atoms with van der Waals surface area (Å²) in [6.07, 6.45) is 6.63. The lowest BCUT2D eigenvalue weighted by molar-refractivity contribution is -0.126. The van der Waals surface area contributed by atoms with Crippen LogP contribution in [0.4, 0.5) is 0 Å². The molecule has 15 heavy (non-hydrogen) atoms. The van der Waals surface area contributed by atoms with E-state index in [1.807, 2.05) is 0 Å². The molecule has 0 aromatic heterocycles. The van der Waals surface area contributed by atoms with Crippen molar-refractivity contribution < 1.29 is 4.79 Å². The number of carbonyl (C=O) groups excluding carboxylic acids is 1. The van der Waals surface area contributed by atoms with Gasteiger partial charge in [0.1, 0.15) is 5.78 Å². The Morgan fingerprint density at radius 1 is 1.27 bits per heavy atom. The van der Waals surface area contributed by atoms with Gasteiger partial charge in [0.05, 0.1) is 0 Å². The molecule has 1 aliphatic heterocycles. The van der Waals surface area contributed by atoms with Crippen LogP contribution >= 0.6 is 0 Å². The maximum Gasteiger partial charge on any atom is 0.138 e. The summed E-state index contributed by atoms with van der Waals surface area (Å²) in [6, 6.07) is 0.833. The van der Waals surface area contributed by atoms with Crippen molar-refractivity contribution >= 4 is 5.78 Å². The summed E-state index contributed by atoms with van der Waals surface area (Å²) in [4.78, 5) is 14.1. The zero-order valence-corrected chi connectivity index (χ0v) is 9.61. The maximum absolute atomic E-state index is 11.5. The third-order valence-electron chi connectivity index (χ3n) is 4.87. The van der Waals surface area contributed by atoms with Gasteiger partial charge in [-0.15, -0.1) is 0 Å². The van der Waals surface area contributed by atoms with Gasteiger partial charge in [0, 0.05) is 31.5 Å². The molecule has 3 aliphatic rings. The molecule has 0 aromatic carbocycles. The number of piperidine rings is 1. The zero-order valence-electron chi connectivity index (χ0n) is 9.61. The van der Waals surface area contributed by atoms with Gasteiger partial charge in [-0.05, 0) is 31.1 Å². The van der Waals surface area contributed by atoms with E-state index in [2.05, 4.69) is 11.8 Å². The number of ketones is 1. The van der Waals surface area contributed by atoms with Crippen LogP contribution in [0.25, 0.3) is 0 Å². The summed E-state index contributed by atoms with van der Waals surface area (Å²) in [7, 11) is 0. The predicted octanol–water partition coefficient (Wildman–Crippen LogP) is 2.09. The largest absolute Gasteiger partial charge is 0.299 e. The molecule has 1 saturated heterocycles. The summed E-state index contributed by atoms with van der Waals surface area (Å²) in [5.74, 6) is 2.76. The van der Waals surface area contributed by atoms with Gasteiger partial charge in [0.25, 0.3) is 0 Å². The first-order chi connectivity index (χ1) is 7.24. The Morgan fingerprint density at radius 3 is 2.73 bits per heavy atom. The normalized spacial score (nSPS) is 46.3. The highest BCUT2D eigenvalue weighted by Crippen LogP contribution is 2.47. The molecule has 2 bridgehead atoms. The number of likely N-dealkylation sites (tertiary alicyclic amines) is 1. The van der Waals surface area contributed by atoms with E-state index < -0.39 is 0 Å². The summed E-state index contributed by atoms with van der Waals surface area (Å²) in [6.45, 7) is 4.17. The van der Waals surface area contributed by atoms with Crippen molar-refractivity contribution in [3.8, 4) is 0 Å². The van der Waals surface area contributed by atoms with Crippen LogP contribution in [0.3, 0.4) is 0 Å². The van der Waals surface area contributed by atoms with Gasteiger partial charge in [-0.25, -0.2) is 0 Å². The number of hydrogen-bond acceptors (Lipinski definition) is 2. The lowest BCUT2D eigenvalue weighted by Gasteiger charge is -2.38. The second-order valence-corrected chi connectivity index (χ2v) is 5.85. The second-order valence-electron chi connectivity index (χ2n) is 5.85. The van der Waals surface area contributed by atoms with E-state index in [9.17, 15) is 4.79 Å². The van der Waals surface area contributed by atoms with E-state index in [0.717, 1.165) is 37.4 Å². The Bertz CT molecular complexity index is 276. The molecule has 2 aliphatic carbocycles. The fraction of sp³-hybridized carbons (Fsp3) is 0.923. The standard InChI is InChI=1S/C13H21NO/c1-9-8-14(5-4-13(9)15)12-7-10-2-3-11(12)6-10/h9-12H,2-8H2,1H3. The van der Waals surface area contributed by atoms with Crippen molar-refractivity contribution in [2.75, 3.05) is 13.1 Å². The van der Waals surface area contributed by atoms with Crippen molar-refractivity contribution in [3.63, 3.8) is 0 Å². The molecule has 0 N–H and O–H groups in total. The van der Waals surface area contributed by atoms with Crippen LogP contribution in [0.5, 0.6) is 0 Å². The van der Waals surface area contributed by atoms with Crippen LogP contribution in [-0.2, 0) is 4.79 Å². The smallest absolute Gasteiger partial charge is 0.138 e. The van der Waals surface area contributed by atoms with Crippen LogP contribution in [0, 0.1) is 17.8 Å². The summed E-state index contributed by atoms with van der Waals surface area (Å²) < 4.78 is 0. The molecule has 4 unspecified atom stereocenters. The predicted molar refractivity (Wildman–Crippen MR) is 59.6 cm³/mol. The molecular formula is C13H21NO. The van der Waals surface area contributed by atoms with Gasteiger partial charge in [-0.2, -0.15) is 0 Å². The fourth-order valence-electron chi connectivity index (χ4n) is 4.00. The highest BCUT2D eigenvalue weighted by atomic mass is 16.1. The van der Waals surface area contributed by atoms with Gasteiger partial charge in [-0.1, -0.05) is 13.3 Å². The van der Waals surface area contributed by atoms with E-state index in [4.69, 9.17) is 0 Å². The fourth-order valence-corrected chi connectivity index (χ4v) is 4.00. The van der Waals surface area contributed by atoms with Crippen molar-refractivity contribution in [1.82, 2.24) is 4.90 Å².